The number of nitro benzene ring substituents is 1. The molecule has 2 N–H and O–H groups in total. The van der Waals surface area contributed by atoms with Crippen LogP contribution in [0, 0.1) is 22.0 Å². The summed E-state index contributed by atoms with van der Waals surface area (Å²) in [5.74, 6) is 0.728. The molecular formula is C13H17N3O3. The molecule has 2 rings (SSSR count). The number of carbonyl (C=O) groups excluding carboxylic acids is 1. The number of nitrogens with zero attached hydrogens (tertiary/aromatic N) is 1. The van der Waals surface area contributed by atoms with Crippen LogP contribution in [0.5, 0.6) is 0 Å². The Balaban J connectivity index is 1.76. The summed E-state index contributed by atoms with van der Waals surface area (Å²) in [6, 6.07) is 6.47. The third kappa shape index (κ3) is 3.43. The number of nitro groups is 1. The minimum atomic E-state index is -0.424. The number of hydrogen-bond acceptors (Lipinski definition) is 4. The van der Waals surface area contributed by atoms with Gasteiger partial charge in [0.25, 0.3) is 5.69 Å². The molecule has 1 saturated carbocycles. The highest BCUT2D eigenvalue weighted by Crippen LogP contribution is 2.37. The van der Waals surface area contributed by atoms with Crippen molar-refractivity contribution < 1.29 is 9.72 Å². The van der Waals surface area contributed by atoms with Crippen LogP contribution in [0.25, 0.3) is 0 Å². The first-order valence-corrected chi connectivity index (χ1v) is 6.34. The molecule has 1 amide bonds. The van der Waals surface area contributed by atoms with E-state index in [0.717, 1.165) is 6.42 Å². The second-order valence-corrected chi connectivity index (χ2v) is 4.81. The van der Waals surface area contributed by atoms with Gasteiger partial charge in [0, 0.05) is 25.1 Å². The van der Waals surface area contributed by atoms with Gasteiger partial charge < -0.3 is 10.6 Å². The van der Waals surface area contributed by atoms with Gasteiger partial charge in [-0.3, -0.25) is 14.9 Å². The Kier molecular flexibility index (Phi) is 3.99. The van der Waals surface area contributed by atoms with Gasteiger partial charge in [0.15, 0.2) is 0 Å². The summed E-state index contributed by atoms with van der Waals surface area (Å²) in [6.45, 7) is 2.99. The summed E-state index contributed by atoms with van der Waals surface area (Å²) in [4.78, 5) is 21.9. The van der Waals surface area contributed by atoms with E-state index < -0.39 is 4.92 Å². The zero-order valence-corrected chi connectivity index (χ0v) is 10.8. The standard InChI is InChI=1S/C13H17N3O3/c1-9-8-10(9)13(17)15-7-6-14-11-4-2-3-5-12(11)16(18)19/h2-5,9-10,14H,6-8H2,1H3,(H,15,17). The molecule has 1 aromatic carbocycles. The third-order valence-electron chi connectivity index (χ3n) is 3.29. The number of hydrogen-bond donors (Lipinski definition) is 2. The quantitative estimate of drug-likeness (QED) is 0.465. The van der Waals surface area contributed by atoms with Crippen molar-refractivity contribution in [1.29, 1.82) is 0 Å². The van der Waals surface area contributed by atoms with Crippen molar-refractivity contribution in [3.63, 3.8) is 0 Å². The minimum absolute atomic E-state index is 0.0460. The molecule has 6 heteroatoms. The van der Waals surface area contributed by atoms with Crippen molar-refractivity contribution in [2.75, 3.05) is 18.4 Å². The predicted octanol–water partition coefficient (Wildman–Crippen LogP) is 1.78. The number of carbonyl (C=O) groups is 1. The summed E-state index contributed by atoms with van der Waals surface area (Å²) in [5, 5.41) is 16.6. The van der Waals surface area contributed by atoms with Crippen LogP contribution in [-0.4, -0.2) is 23.9 Å². The van der Waals surface area contributed by atoms with Crippen LogP contribution >= 0.6 is 0 Å². The van der Waals surface area contributed by atoms with Crippen LogP contribution in [0.15, 0.2) is 24.3 Å². The largest absolute Gasteiger partial charge is 0.378 e. The van der Waals surface area contributed by atoms with Crippen molar-refractivity contribution in [2.45, 2.75) is 13.3 Å². The van der Waals surface area contributed by atoms with Crippen molar-refractivity contribution in [3.05, 3.63) is 34.4 Å². The average molecular weight is 263 g/mol. The summed E-state index contributed by atoms with van der Waals surface area (Å²) in [7, 11) is 0. The highest BCUT2D eigenvalue weighted by molar-refractivity contribution is 5.81. The Morgan fingerprint density at radius 1 is 1.42 bits per heavy atom. The molecule has 1 aromatic rings. The number of benzene rings is 1. The molecule has 1 fully saturated rings. The zero-order chi connectivity index (χ0) is 13.8. The Hall–Kier alpha value is -2.11. The van der Waals surface area contributed by atoms with Crippen LogP contribution in [0.4, 0.5) is 11.4 Å². The van der Waals surface area contributed by atoms with Crippen molar-refractivity contribution >= 4 is 17.3 Å². The normalized spacial score (nSPS) is 20.7. The summed E-state index contributed by atoms with van der Waals surface area (Å²) < 4.78 is 0. The molecule has 0 aliphatic heterocycles. The van der Waals surface area contributed by atoms with E-state index in [1.807, 2.05) is 0 Å². The predicted molar refractivity (Wildman–Crippen MR) is 71.9 cm³/mol. The van der Waals surface area contributed by atoms with E-state index in [1.165, 1.54) is 6.07 Å². The van der Waals surface area contributed by atoms with Crippen LogP contribution in [0.1, 0.15) is 13.3 Å². The molecule has 0 saturated heterocycles. The summed E-state index contributed by atoms with van der Waals surface area (Å²) in [5.41, 5.74) is 0.520. The number of para-hydroxylation sites is 2. The van der Waals surface area contributed by atoms with Crippen LogP contribution in [-0.2, 0) is 4.79 Å². The minimum Gasteiger partial charge on any atom is -0.378 e. The second-order valence-electron chi connectivity index (χ2n) is 4.81. The lowest BCUT2D eigenvalue weighted by atomic mass is 10.2. The number of anilines is 1. The molecule has 6 nitrogen and oxygen atoms in total. The first-order valence-electron chi connectivity index (χ1n) is 6.34. The molecule has 0 bridgehead atoms. The lowest BCUT2D eigenvalue weighted by molar-refractivity contribution is -0.384. The van der Waals surface area contributed by atoms with Gasteiger partial charge in [0.2, 0.25) is 5.91 Å². The Labute approximate surface area is 111 Å². The van der Waals surface area contributed by atoms with Crippen molar-refractivity contribution in [1.82, 2.24) is 5.32 Å². The van der Waals surface area contributed by atoms with E-state index in [-0.39, 0.29) is 17.5 Å². The Morgan fingerprint density at radius 2 is 2.11 bits per heavy atom. The van der Waals surface area contributed by atoms with E-state index in [4.69, 9.17) is 0 Å². The van der Waals surface area contributed by atoms with Crippen LogP contribution in [0.2, 0.25) is 0 Å². The Bertz CT molecular complexity index is 490. The molecule has 19 heavy (non-hydrogen) atoms. The molecule has 0 heterocycles. The molecule has 1 aliphatic rings. The average Bonchev–Trinajstić information content (AvgIpc) is 3.12. The maximum atomic E-state index is 11.6. The van der Waals surface area contributed by atoms with E-state index >= 15 is 0 Å². The molecule has 0 aromatic heterocycles. The van der Waals surface area contributed by atoms with Gasteiger partial charge >= 0.3 is 0 Å². The topological polar surface area (TPSA) is 84.3 Å². The molecule has 2 atom stereocenters. The van der Waals surface area contributed by atoms with Crippen LogP contribution < -0.4 is 10.6 Å². The van der Waals surface area contributed by atoms with Gasteiger partial charge in [0.1, 0.15) is 5.69 Å². The lowest BCUT2D eigenvalue weighted by Crippen LogP contribution is -2.30. The third-order valence-corrected chi connectivity index (χ3v) is 3.29. The first-order chi connectivity index (χ1) is 9.09. The van der Waals surface area contributed by atoms with Gasteiger partial charge in [-0.2, -0.15) is 0 Å². The summed E-state index contributed by atoms with van der Waals surface area (Å²) in [6.07, 6.45) is 0.962. The molecule has 102 valence electrons. The van der Waals surface area contributed by atoms with Gasteiger partial charge in [-0.05, 0) is 18.4 Å². The van der Waals surface area contributed by atoms with E-state index in [1.54, 1.807) is 18.2 Å². The van der Waals surface area contributed by atoms with Gasteiger partial charge in [0.05, 0.1) is 4.92 Å². The lowest BCUT2D eigenvalue weighted by Gasteiger charge is -2.08. The molecule has 0 radical (unpaired) electrons. The van der Waals surface area contributed by atoms with Crippen molar-refractivity contribution in [3.8, 4) is 0 Å². The fraction of sp³-hybridized carbons (Fsp3) is 0.462. The summed E-state index contributed by atoms with van der Waals surface area (Å²) >= 11 is 0. The molecular weight excluding hydrogens is 246 g/mol. The first kappa shape index (κ1) is 13.3. The number of amides is 1. The van der Waals surface area contributed by atoms with Crippen molar-refractivity contribution in [2.24, 2.45) is 11.8 Å². The fourth-order valence-corrected chi connectivity index (χ4v) is 1.98. The number of rotatable bonds is 6. The molecule has 2 unspecified atom stereocenters. The van der Waals surface area contributed by atoms with Gasteiger partial charge in [-0.25, -0.2) is 0 Å². The maximum Gasteiger partial charge on any atom is 0.292 e. The smallest absolute Gasteiger partial charge is 0.292 e. The SMILES string of the molecule is CC1CC1C(=O)NCCNc1ccccc1[N+](=O)[O-]. The fourth-order valence-electron chi connectivity index (χ4n) is 1.98. The monoisotopic (exact) mass is 263 g/mol. The molecule has 1 aliphatic carbocycles. The second kappa shape index (κ2) is 5.69. The van der Waals surface area contributed by atoms with Gasteiger partial charge in [-0.15, -0.1) is 0 Å². The van der Waals surface area contributed by atoms with Crippen LogP contribution in [0.3, 0.4) is 0 Å². The number of nitrogens with one attached hydrogen (secondary N) is 2. The highest BCUT2D eigenvalue weighted by Gasteiger charge is 2.38. The maximum absolute atomic E-state index is 11.6. The Morgan fingerprint density at radius 3 is 2.74 bits per heavy atom. The van der Waals surface area contributed by atoms with Gasteiger partial charge in [-0.1, -0.05) is 19.1 Å². The van der Waals surface area contributed by atoms with E-state index in [0.29, 0.717) is 24.7 Å². The van der Waals surface area contributed by atoms with E-state index in [9.17, 15) is 14.9 Å². The zero-order valence-electron chi connectivity index (χ0n) is 10.8. The molecule has 0 spiro atoms. The highest BCUT2D eigenvalue weighted by atomic mass is 16.6. The van der Waals surface area contributed by atoms with E-state index in [2.05, 4.69) is 17.6 Å².